The van der Waals surface area contributed by atoms with E-state index in [1.807, 2.05) is 30.3 Å². The number of anilines is 3. The molecule has 0 radical (unpaired) electrons. The van der Waals surface area contributed by atoms with Crippen molar-refractivity contribution in [2.75, 3.05) is 11.1 Å². The van der Waals surface area contributed by atoms with Crippen LogP contribution >= 0.6 is 0 Å². The smallest absolute Gasteiger partial charge is 0.232 e. The lowest BCUT2D eigenvalue weighted by atomic mass is 10.2. The van der Waals surface area contributed by atoms with Crippen molar-refractivity contribution in [1.82, 2.24) is 15.0 Å². The zero-order chi connectivity index (χ0) is 16.5. The molecule has 2 aromatic carbocycles. The number of nitrogens with one attached hydrogen (secondary N) is 1. The van der Waals surface area contributed by atoms with Crippen LogP contribution in [0, 0.1) is 5.82 Å². The maximum atomic E-state index is 13.0. The number of halogens is 1. The van der Waals surface area contributed by atoms with Gasteiger partial charge in [-0.05, 0) is 36.4 Å². The van der Waals surface area contributed by atoms with E-state index in [4.69, 9.17) is 10.2 Å². The first-order valence-electron chi connectivity index (χ1n) is 7.20. The third-order valence-electron chi connectivity index (χ3n) is 3.40. The molecule has 0 unspecified atom stereocenters. The maximum absolute atomic E-state index is 13.0. The van der Waals surface area contributed by atoms with Gasteiger partial charge in [0.05, 0.1) is 0 Å². The highest BCUT2D eigenvalue weighted by atomic mass is 19.1. The third-order valence-corrected chi connectivity index (χ3v) is 3.40. The quantitative estimate of drug-likeness (QED) is 0.597. The lowest BCUT2D eigenvalue weighted by molar-refractivity contribution is 0.625. The van der Waals surface area contributed by atoms with Crippen molar-refractivity contribution in [3.05, 3.63) is 60.4 Å². The lowest BCUT2D eigenvalue weighted by Crippen LogP contribution is -2.04. The van der Waals surface area contributed by atoms with Gasteiger partial charge in [0.1, 0.15) is 11.4 Å². The topological polar surface area (TPSA) is 89.9 Å². The molecule has 0 saturated carbocycles. The number of para-hydroxylation sites is 1. The minimum atomic E-state index is -0.321. The van der Waals surface area contributed by atoms with E-state index >= 15 is 0 Å². The minimum Gasteiger partial charge on any atom is -0.453 e. The molecule has 2 heterocycles. The van der Waals surface area contributed by atoms with E-state index in [1.165, 1.54) is 12.1 Å². The Morgan fingerprint density at radius 2 is 1.75 bits per heavy atom. The Morgan fingerprint density at radius 1 is 0.958 bits per heavy atom. The van der Waals surface area contributed by atoms with Gasteiger partial charge in [0.15, 0.2) is 5.76 Å². The van der Waals surface area contributed by atoms with Crippen LogP contribution in [0.1, 0.15) is 0 Å². The van der Waals surface area contributed by atoms with Crippen molar-refractivity contribution in [1.29, 1.82) is 0 Å². The lowest BCUT2D eigenvalue weighted by Gasteiger charge is -2.06. The fourth-order valence-corrected chi connectivity index (χ4v) is 2.31. The number of nitrogen functional groups attached to an aromatic ring is 1. The summed E-state index contributed by atoms with van der Waals surface area (Å²) in [5.74, 6) is 0.809. The average molecular weight is 321 g/mol. The van der Waals surface area contributed by atoms with Gasteiger partial charge >= 0.3 is 0 Å². The molecule has 4 rings (SSSR count). The zero-order valence-electron chi connectivity index (χ0n) is 12.4. The van der Waals surface area contributed by atoms with Crippen molar-refractivity contribution < 1.29 is 8.81 Å². The number of hydrogen-bond donors (Lipinski definition) is 2. The van der Waals surface area contributed by atoms with E-state index in [2.05, 4.69) is 20.3 Å². The summed E-state index contributed by atoms with van der Waals surface area (Å²) in [5.41, 5.74) is 7.14. The molecule has 0 aliphatic heterocycles. The van der Waals surface area contributed by atoms with Gasteiger partial charge in [-0.2, -0.15) is 15.0 Å². The van der Waals surface area contributed by atoms with Crippen LogP contribution in [0.4, 0.5) is 22.0 Å². The first kappa shape index (κ1) is 14.1. The molecule has 0 saturated heterocycles. The predicted molar refractivity (Wildman–Crippen MR) is 89.1 cm³/mol. The van der Waals surface area contributed by atoms with Crippen LogP contribution in [0.25, 0.3) is 22.6 Å². The summed E-state index contributed by atoms with van der Waals surface area (Å²) >= 11 is 0. The van der Waals surface area contributed by atoms with Crippen LogP contribution < -0.4 is 11.1 Å². The Kier molecular flexibility index (Phi) is 3.31. The number of furan rings is 1. The van der Waals surface area contributed by atoms with E-state index < -0.39 is 0 Å². The van der Waals surface area contributed by atoms with Crippen LogP contribution in [-0.2, 0) is 0 Å². The molecule has 0 atom stereocenters. The van der Waals surface area contributed by atoms with Gasteiger partial charge in [-0.1, -0.05) is 18.2 Å². The van der Waals surface area contributed by atoms with Crippen LogP contribution in [0.2, 0.25) is 0 Å². The van der Waals surface area contributed by atoms with Crippen molar-refractivity contribution in [2.45, 2.75) is 0 Å². The number of hydrogen-bond acceptors (Lipinski definition) is 6. The molecule has 0 fully saturated rings. The summed E-state index contributed by atoms with van der Waals surface area (Å²) in [7, 11) is 0. The summed E-state index contributed by atoms with van der Waals surface area (Å²) in [6.07, 6.45) is 0. The summed E-state index contributed by atoms with van der Waals surface area (Å²) in [5, 5.41) is 3.91. The Morgan fingerprint density at radius 3 is 2.54 bits per heavy atom. The monoisotopic (exact) mass is 321 g/mol. The molecule has 0 spiro atoms. The first-order chi connectivity index (χ1) is 11.7. The Hall–Kier alpha value is -3.48. The predicted octanol–water partition coefficient (Wildman–Crippen LogP) is 3.75. The molecule has 2 aromatic heterocycles. The highest BCUT2D eigenvalue weighted by molar-refractivity contribution is 5.81. The molecule has 4 aromatic rings. The van der Waals surface area contributed by atoms with Gasteiger partial charge in [-0.15, -0.1) is 0 Å². The number of aromatic nitrogens is 3. The van der Waals surface area contributed by atoms with Crippen LogP contribution in [0.15, 0.2) is 59.0 Å². The molecule has 7 heteroatoms. The third kappa shape index (κ3) is 2.74. The summed E-state index contributed by atoms with van der Waals surface area (Å²) in [6.45, 7) is 0. The van der Waals surface area contributed by atoms with Crippen molar-refractivity contribution in [3.8, 4) is 11.6 Å². The van der Waals surface area contributed by atoms with Gasteiger partial charge in [0.2, 0.25) is 17.7 Å². The van der Waals surface area contributed by atoms with Gasteiger partial charge in [0.25, 0.3) is 0 Å². The number of fused-ring (bicyclic) bond motifs is 1. The number of rotatable bonds is 3. The molecule has 0 aliphatic rings. The number of benzene rings is 2. The first-order valence-corrected chi connectivity index (χ1v) is 7.20. The second kappa shape index (κ2) is 5.62. The standard InChI is InChI=1S/C17H12FN5O/c18-11-5-7-12(8-6-11)20-17-22-15(21-16(19)23-17)14-9-10-3-1-2-4-13(10)24-14/h1-9H,(H3,19,20,21,22,23). The van der Waals surface area contributed by atoms with E-state index in [-0.39, 0.29) is 17.7 Å². The number of nitrogens with zero attached hydrogens (tertiary/aromatic N) is 3. The highest BCUT2D eigenvalue weighted by Crippen LogP contribution is 2.26. The molecule has 6 nitrogen and oxygen atoms in total. The Balaban J connectivity index is 1.71. The zero-order valence-corrected chi connectivity index (χ0v) is 12.4. The molecule has 0 aliphatic carbocycles. The highest BCUT2D eigenvalue weighted by Gasteiger charge is 2.12. The molecule has 24 heavy (non-hydrogen) atoms. The van der Waals surface area contributed by atoms with Crippen LogP contribution in [-0.4, -0.2) is 15.0 Å². The van der Waals surface area contributed by atoms with Gasteiger partial charge in [-0.25, -0.2) is 4.39 Å². The second-order valence-corrected chi connectivity index (χ2v) is 5.12. The minimum absolute atomic E-state index is 0.0602. The summed E-state index contributed by atoms with van der Waals surface area (Å²) in [6, 6.07) is 15.3. The summed E-state index contributed by atoms with van der Waals surface area (Å²) < 4.78 is 18.7. The number of nitrogens with two attached hydrogens (primary N) is 1. The van der Waals surface area contributed by atoms with Gasteiger partial charge in [-0.3, -0.25) is 0 Å². The van der Waals surface area contributed by atoms with E-state index in [9.17, 15) is 4.39 Å². The molecule has 0 amide bonds. The fraction of sp³-hybridized carbons (Fsp3) is 0. The molecular weight excluding hydrogens is 309 g/mol. The molecule has 0 bridgehead atoms. The van der Waals surface area contributed by atoms with E-state index in [0.29, 0.717) is 17.3 Å². The SMILES string of the molecule is Nc1nc(Nc2ccc(F)cc2)nc(-c2cc3ccccc3o2)n1. The largest absolute Gasteiger partial charge is 0.453 e. The maximum Gasteiger partial charge on any atom is 0.232 e. The van der Waals surface area contributed by atoms with Crippen molar-refractivity contribution in [2.24, 2.45) is 0 Å². The van der Waals surface area contributed by atoms with E-state index in [0.717, 1.165) is 11.0 Å². The Labute approximate surface area is 136 Å². The molecular formula is C17H12FN5O. The average Bonchev–Trinajstić information content (AvgIpc) is 3.01. The van der Waals surface area contributed by atoms with Crippen LogP contribution in [0.5, 0.6) is 0 Å². The summed E-state index contributed by atoms with van der Waals surface area (Å²) in [4.78, 5) is 12.5. The normalized spacial score (nSPS) is 10.9. The fourth-order valence-electron chi connectivity index (χ4n) is 2.31. The van der Waals surface area contributed by atoms with Crippen molar-refractivity contribution >= 4 is 28.6 Å². The molecule has 3 N–H and O–H groups in total. The van der Waals surface area contributed by atoms with Crippen LogP contribution in [0.3, 0.4) is 0 Å². The Bertz CT molecular complexity index is 980. The molecule has 118 valence electrons. The van der Waals surface area contributed by atoms with Gasteiger partial charge < -0.3 is 15.5 Å². The van der Waals surface area contributed by atoms with Crippen molar-refractivity contribution in [3.63, 3.8) is 0 Å². The van der Waals surface area contributed by atoms with Gasteiger partial charge in [0, 0.05) is 11.1 Å². The second-order valence-electron chi connectivity index (χ2n) is 5.12. The van der Waals surface area contributed by atoms with E-state index in [1.54, 1.807) is 12.1 Å².